The molecule has 2 heteroatoms. The van der Waals surface area contributed by atoms with Crippen molar-refractivity contribution >= 4 is 0 Å². The topological polar surface area (TPSA) is 38.0 Å². The smallest absolute Gasteiger partial charge is 0.00199 e. The number of nitrogens with one attached hydrogen (secondary N) is 1. The van der Waals surface area contributed by atoms with Gasteiger partial charge in [0.2, 0.25) is 0 Å². The number of hydrogen-bond acceptors (Lipinski definition) is 2. The number of unbranched alkanes of at least 4 members (excludes halogenated alkanes) is 3. The van der Waals surface area contributed by atoms with Gasteiger partial charge in [-0.2, -0.15) is 0 Å². The molecule has 1 aliphatic rings. The lowest BCUT2D eigenvalue weighted by Crippen LogP contribution is -2.43. The van der Waals surface area contributed by atoms with Gasteiger partial charge in [-0.1, -0.05) is 59.3 Å². The van der Waals surface area contributed by atoms with Crippen molar-refractivity contribution in [3.63, 3.8) is 0 Å². The van der Waals surface area contributed by atoms with Crippen LogP contribution in [0.2, 0.25) is 0 Å². The molecule has 0 aliphatic heterocycles. The van der Waals surface area contributed by atoms with Crippen LogP contribution in [-0.4, -0.2) is 19.6 Å². The van der Waals surface area contributed by atoms with E-state index in [2.05, 4.69) is 26.1 Å². The summed E-state index contributed by atoms with van der Waals surface area (Å²) < 4.78 is 0. The highest BCUT2D eigenvalue weighted by molar-refractivity contribution is 4.87. The fraction of sp³-hybridized carbons (Fsp3) is 1.00. The van der Waals surface area contributed by atoms with Gasteiger partial charge in [0.1, 0.15) is 0 Å². The fourth-order valence-corrected chi connectivity index (χ4v) is 3.34. The third-order valence-electron chi connectivity index (χ3n) is 5.15. The monoisotopic (exact) mass is 282 g/mol. The fourth-order valence-electron chi connectivity index (χ4n) is 3.34. The Morgan fingerprint density at radius 2 is 1.75 bits per heavy atom. The van der Waals surface area contributed by atoms with Crippen LogP contribution in [0.3, 0.4) is 0 Å². The minimum absolute atomic E-state index is 0.407. The second-order valence-corrected chi connectivity index (χ2v) is 7.66. The minimum Gasteiger partial charge on any atom is -0.330 e. The van der Waals surface area contributed by atoms with Crippen molar-refractivity contribution in [3.8, 4) is 0 Å². The van der Waals surface area contributed by atoms with Gasteiger partial charge in [-0.3, -0.25) is 0 Å². The third kappa shape index (κ3) is 7.08. The molecule has 3 N–H and O–H groups in total. The standard InChI is InChI=1S/C18H38N2/c1-16(2)8-6-4-5-7-13-20-15-18(14-19)11-9-17(3)10-12-18/h16-17,20H,4-15,19H2,1-3H3. The van der Waals surface area contributed by atoms with Crippen LogP contribution in [0.15, 0.2) is 0 Å². The Kier molecular flexibility index (Phi) is 8.79. The van der Waals surface area contributed by atoms with Gasteiger partial charge in [0.05, 0.1) is 0 Å². The van der Waals surface area contributed by atoms with Crippen molar-refractivity contribution in [2.75, 3.05) is 19.6 Å². The second-order valence-electron chi connectivity index (χ2n) is 7.66. The van der Waals surface area contributed by atoms with E-state index in [1.807, 2.05) is 0 Å². The molecular formula is C18H38N2. The maximum Gasteiger partial charge on any atom is 0.00199 e. The summed E-state index contributed by atoms with van der Waals surface area (Å²) in [6.07, 6.45) is 12.3. The van der Waals surface area contributed by atoms with E-state index in [1.54, 1.807) is 0 Å². The van der Waals surface area contributed by atoms with Crippen LogP contribution < -0.4 is 11.1 Å². The van der Waals surface area contributed by atoms with Gasteiger partial charge in [0.25, 0.3) is 0 Å². The quantitative estimate of drug-likeness (QED) is 0.585. The summed E-state index contributed by atoms with van der Waals surface area (Å²) in [5.41, 5.74) is 6.46. The van der Waals surface area contributed by atoms with E-state index in [-0.39, 0.29) is 0 Å². The Morgan fingerprint density at radius 1 is 1.10 bits per heavy atom. The highest BCUT2D eigenvalue weighted by Crippen LogP contribution is 2.37. The van der Waals surface area contributed by atoms with Crippen molar-refractivity contribution < 1.29 is 0 Å². The first kappa shape index (κ1) is 18.0. The van der Waals surface area contributed by atoms with Crippen LogP contribution in [-0.2, 0) is 0 Å². The minimum atomic E-state index is 0.407. The molecule has 0 aromatic carbocycles. The lowest BCUT2D eigenvalue weighted by Gasteiger charge is -2.38. The Morgan fingerprint density at radius 3 is 2.35 bits per heavy atom. The van der Waals surface area contributed by atoms with Crippen molar-refractivity contribution in [3.05, 3.63) is 0 Å². The molecule has 0 bridgehead atoms. The largest absolute Gasteiger partial charge is 0.330 e. The lowest BCUT2D eigenvalue weighted by molar-refractivity contribution is 0.159. The molecule has 0 radical (unpaired) electrons. The molecule has 0 heterocycles. The zero-order valence-electron chi connectivity index (χ0n) is 14.2. The SMILES string of the molecule is CC(C)CCCCCCNCC1(CN)CCC(C)CC1. The molecule has 2 nitrogen and oxygen atoms in total. The van der Waals surface area contributed by atoms with Gasteiger partial charge in [-0.15, -0.1) is 0 Å². The number of nitrogens with two attached hydrogens (primary N) is 1. The van der Waals surface area contributed by atoms with E-state index in [9.17, 15) is 0 Å². The van der Waals surface area contributed by atoms with Crippen LogP contribution in [0.1, 0.15) is 78.6 Å². The van der Waals surface area contributed by atoms with Crippen LogP contribution >= 0.6 is 0 Å². The molecule has 120 valence electrons. The third-order valence-corrected chi connectivity index (χ3v) is 5.15. The lowest BCUT2D eigenvalue weighted by atomic mass is 9.71. The molecule has 20 heavy (non-hydrogen) atoms. The molecule has 0 aromatic heterocycles. The zero-order chi connectivity index (χ0) is 14.8. The molecule has 0 unspecified atom stereocenters. The van der Waals surface area contributed by atoms with Gasteiger partial charge in [-0.05, 0) is 49.6 Å². The predicted molar refractivity (Wildman–Crippen MR) is 89.9 cm³/mol. The first-order chi connectivity index (χ1) is 9.58. The summed E-state index contributed by atoms with van der Waals surface area (Å²) in [4.78, 5) is 0. The van der Waals surface area contributed by atoms with Crippen molar-refractivity contribution in [2.24, 2.45) is 23.0 Å². The second kappa shape index (κ2) is 9.78. The van der Waals surface area contributed by atoms with Gasteiger partial charge < -0.3 is 11.1 Å². The van der Waals surface area contributed by atoms with Crippen LogP contribution in [0.25, 0.3) is 0 Å². The highest BCUT2D eigenvalue weighted by atomic mass is 14.9. The van der Waals surface area contributed by atoms with Gasteiger partial charge >= 0.3 is 0 Å². The molecule has 1 rings (SSSR count). The Labute approximate surface area is 127 Å². The van der Waals surface area contributed by atoms with Crippen molar-refractivity contribution in [1.82, 2.24) is 5.32 Å². The summed E-state index contributed by atoms with van der Waals surface area (Å²) >= 11 is 0. The van der Waals surface area contributed by atoms with Gasteiger partial charge in [-0.25, -0.2) is 0 Å². The van der Waals surface area contributed by atoms with E-state index in [1.165, 1.54) is 64.3 Å². The molecule has 0 spiro atoms. The predicted octanol–water partition coefficient (Wildman–Crippen LogP) is 4.34. The normalized spacial score (nSPS) is 27.1. The number of hydrogen-bond donors (Lipinski definition) is 2. The molecule has 1 fully saturated rings. The Bertz CT molecular complexity index is 230. The molecule has 0 saturated heterocycles. The summed E-state index contributed by atoms with van der Waals surface area (Å²) in [5.74, 6) is 1.78. The van der Waals surface area contributed by atoms with Gasteiger partial charge in [0.15, 0.2) is 0 Å². The average Bonchev–Trinajstić information content (AvgIpc) is 2.44. The average molecular weight is 283 g/mol. The molecule has 0 aromatic rings. The Balaban J connectivity index is 2.02. The summed E-state index contributed by atoms with van der Waals surface area (Å²) in [6, 6.07) is 0. The van der Waals surface area contributed by atoms with E-state index in [4.69, 9.17) is 5.73 Å². The van der Waals surface area contributed by atoms with E-state index < -0.39 is 0 Å². The van der Waals surface area contributed by atoms with E-state index >= 15 is 0 Å². The molecule has 1 aliphatic carbocycles. The van der Waals surface area contributed by atoms with E-state index in [0.29, 0.717) is 5.41 Å². The first-order valence-electron chi connectivity index (χ1n) is 8.99. The number of rotatable bonds is 10. The van der Waals surface area contributed by atoms with Crippen LogP contribution in [0.5, 0.6) is 0 Å². The summed E-state index contributed by atoms with van der Waals surface area (Å²) in [7, 11) is 0. The van der Waals surface area contributed by atoms with E-state index in [0.717, 1.165) is 24.9 Å². The van der Waals surface area contributed by atoms with Crippen molar-refractivity contribution in [1.29, 1.82) is 0 Å². The molecule has 0 atom stereocenters. The van der Waals surface area contributed by atoms with Crippen LogP contribution in [0, 0.1) is 17.3 Å². The molecule has 0 amide bonds. The van der Waals surface area contributed by atoms with Crippen molar-refractivity contribution in [2.45, 2.75) is 78.6 Å². The molecular weight excluding hydrogens is 244 g/mol. The zero-order valence-corrected chi connectivity index (χ0v) is 14.2. The first-order valence-corrected chi connectivity index (χ1v) is 8.99. The Hall–Kier alpha value is -0.0800. The molecule has 1 saturated carbocycles. The summed E-state index contributed by atoms with van der Waals surface area (Å²) in [5, 5.41) is 3.68. The highest BCUT2D eigenvalue weighted by Gasteiger charge is 2.32. The van der Waals surface area contributed by atoms with Gasteiger partial charge in [0, 0.05) is 6.54 Å². The van der Waals surface area contributed by atoms with Crippen LogP contribution in [0.4, 0.5) is 0 Å². The maximum atomic E-state index is 6.05. The maximum absolute atomic E-state index is 6.05. The summed E-state index contributed by atoms with van der Waals surface area (Å²) in [6.45, 7) is 10.2.